The molecule has 28 heavy (non-hydrogen) atoms. The lowest BCUT2D eigenvalue weighted by Gasteiger charge is -2.22. The number of benzene rings is 2. The van der Waals surface area contributed by atoms with Gasteiger partial charge in [0.1, 0.15) is 5.92 Å². The highest BCUT2D eigenvalue weighted by atomic mass is 32.2. The number of fused-ring (bicyclic) bond motifs is 2. The number of Topliss-reactive ketones (excluding diaryl/α,β-unsaturated/α-hetero) is 1. The second-order valence-corrected chi connectivity index (χ2v) is 9.22. The van der Waals surface area contributed by atoms with Crippen molar-refractivity contribution in [3.8, 4) is 0 Å². The maximum atomic E-state index is 13.2. The number of nitrogens with zero attached hydrogens (tertiary/aromatic N) is 1. The molecule has 0 radical (unpaired) electrons. The smallest absolute Gasteiger partial charge is 0.315 e. The fraction of sp³-hybridized carbons (Fsp3) is 0.304. The number of hydrogen-bond acceptors (Lipinski definition) is 4. The van der Waals surface area contributed by atoms with E-state index in [1.807, 2.05) is 6.92 Å². The molecule has 1 N–H and O–H groups in total. The molecule has 0 spiro atoms. The topological polar surface area (TPSA) is 57.6 Å². The van der Waals surface area contributed by atoms with E-state index in [9.17, 15) is 14.7 Å². The number of aliphatic carboxylic acids is 1. The Morgan fingerprint density at radius 1 is 1.18 bits per heavy atom. The standard InChI is InChI=1S/C23H23NO3S/c1-5-24-16-11-10-13(23(2,3)4)12-17(16)28-21(24)19-18(22(26)27)14-8-6-7-9-15(14)20(19)25/h6-12,18H,5H2,1-4H3,(H,26,27). The Kier molecular flexibility index (Phi) is 4.38. The minimum absolute atomic E-state index is 0.0194. The van der Waals surface area contributed by atoms with E-state index in [2.05, 4.69) is 43.9 Å². The zero-order chi connectivity index (χ0) is 20.2. The van der Waals surface area contributed by atoms with Crippen LogP contribution in [0.3, 0.4) is 0 Å². The molecule has 2 aromatic rings. The van der Waals surface area contributed by atoms with Crippen molar-refractivity contribution in [1.29, 1.82) is 0 Å². The fourth-order valence-corrected chi connectivity index (χ4v) is 5.27. The summed E-state index contributed by atoms with van der Waals surface area (Å²) in [6.07, 6.45) is 0. The van der Waals surface area contributed by atoms with Crippen molar-refractivity contribution < 1.29 is 14.7 Å². The van der Waals surface area contributed by atoms with Crippen molar-refractivity contribution in [2.24, 2.45) is 0 Å². The van der Waals surface area contributed by atoms with E-state index in [-0.39, 0.29) is 11.2 Å². The molecule has 4 rings (SSSR count). The first-order valence-corrected chi connectivity index (χ1v) is 10.3. The Balaban J connectivity index is 1.89. The van der Waals surface area contributed by atoms with Crippen molar-refractivity contribution in [3.05, 3.63) is 69.8 Å². The number of thioether (sulfide) groups is 1. The third kappa shape index (κ3) is 2.76. The average Bonchev–Trinajstić information content (AvgIpc) is 3.15. The van der Waals surface area contributed by atoms with E-state index in [4.69, 9.17) is 0 Å². The number of carboxylic acids is 1. The van der Waals surface area contributed by atoms with Gasteiger partial charge in [-0.2, -0.15) is 0 Å². The van der Waals surface area contributed by atoms with Crippen LogP contribution in [0.2, 0.25) is 0 Å². The van der Waals surface area contributed by atoms with Gasteiger partial charge in [0.2, 0.25) is 0 Å². The monoisotopic (exact) mass is 393 g/mol. The van der Waals surface area contributed by atoms with E-state index < -0.39 is 11.9 Å². The molecule has 1 aliphatic heterocycles. The Labute approximate surface area is 169 Å². The summed E-state index contributed by atoms with van der Waals surface area (Å²) in [6.45, 7) is 9.20. The van der Waals surface area contributed by atoms with Gasteiger partial charge in [-0.1, -0.05) is 62.9 Å². The van der Waals surface area contributed by atoms with Crippen molar-refractivity contribution in [3.63, 3.8) is 0 Å². The molecule has 0 saturated heterocycles. The lowest BCUT2D eigenvalue weighted by molar-refractivity contribution is -0.137. The van der Waals surface area contributed by atoms with Crippen molar-refractivity contribution >= 4 is 29.2 Å². The third-order valence-corrected chi connectivity index (χ3v) is 6.59. The van der Waals surface area contributed by atoms with Gasteiger partial charge in [0, 0.05) is 22.6 Å². The molecule has 1 atom stereocenters. The first-order chi connectivity index (χ1) is 13.2. The predicted molar refractivity (Wildman–Crippen MR) is 112 cm³/mol. The van der Waals surface area contributed by atoms with E-state index in [1.165, 1.54) is 17.3 Å². The molecule has 144 valence electrons. The molecule has 4 nitrogen and oxygen atoms in total. The van der Waals surface area contributed by atoms with Crippen molar-refractivity contribution in [2.75, 3.05) is 11.4 Å². The second-order valence-electron chi connectivity index (χ2n) is 8.19. The van der Waals surface area contributed by atoms with Crippen LogP contribution in [0.25, 0.3) is 0 Å². The van der Waals surface area contributed by atoms with Crippen LogP contribution in [0, 0.1) is 0 Å². The summed E-state index contributed by atoms with van der Waals surface area (Å²) in [5.74, 6) is -2.08. The first kappa shape index (κ1) is 18.8. The zero-order valence-electron chi connectivity index (χ0n) is 16.4. The molecule has 2 aromatic carbocycles. The van der Waals surface area contributed by atoms with E-state index in [1.54, 1.807) is 24.3 Å². The highest BCUT2D eigenvalue weighted by molar-refractivity contribution is 8.03. The van der Waals surface area contributed by atoms with E-state index in [0.717, 1.165) is 15.6 Å². The summed E-state index contributed by atoms with van der Waals surface area (Å²) < 4.78 is 0. The third-order valence-electron chi connectivity index (χ3n) is 5.41. The van der Waals surface area contributed by atoms with Crippen molar-refractivity contribution in [2.45, 2.75) is 43.9 Å². The van der Waals surface area contributed by atoms with Gasteiger partial charge in [-0.25, -0.2) is 0 Å². The Morgan fingerprint density at radius 3 is 2.54 bits per heavy atom. The van der Waals surface area contributed by atoms with Gasteiger partial charge >= 0.3 is 5.97 Å². The van der Waals surface area contributed by atoms with Crippen LogP contribution in [0.4, 0.5) is 5.69 Å². The zero-order valence-corrected chi connectivity index (χ0v) is 17.3. The molecule has 0 aromatic heterocycles. The van der Waals surface area contributed by atoms with Gasteiger partial charge in [0.15, 0.2) is 5.78 Å². The molecule has 5 heteroatoms. The predicted octanol–water partition coefficient (Wildman–Crippen LogP) is 5.19. The minimum Gasteiger partial charge on any atom is -0.481 e. The van der Waals surface area contributed by atoms with Gasteiger partial charge in [-0.3, -0.25) is 9.59 Å². The Bertz CT molecular complexity index is 1030. The van der Waals surface area contributed by atoms with Crippen LogP contribution in [0.1, 0.15) is 55.1 Å². The van der Waals surface area contributed by atoms with Crippen LogP contribution in [0.15, 0.2) is 58.0 Å². The van der Waals surface area contributed by atoms with Crippen LogP contribution < -0.4 is 4.90 Å². The molecule has 1 aliphatic carbocycles. The number of carbonyl (C=O) groups excluding carboxylic acids is 1. The van der Waals surface area contributed by atoms with Gasteiger partial charge in [-0.15, -0.1) is 0 Å². The number of anilines is 1. The highest BCUT2D eigenvalue weighted by Crippen LogP contribution is 2.52. The molecular formula is C23H23NO3S. The van der Waals surface area contributed by atoms with Crippen LogP contribution in [-0.2, 0) is 10.2 Å². The molecule has 0 saturated carbocycles. The van der Waals surface area contributed by atoms with Gasteiger partial charge in [0.05, 0.1) is 10.7 Å². The summed E-state index contributed by atoms with van der Waals surface area (Å²) >= 11 is 1.51. The number of hydrogen-bond donors (Lipinski definition) is 1. The normalized spacial score (nSPS) is 21.1. The average molecular weight is 394 g/mol. The molecule has 1 heterocycles. The van der Waals surface area contributed by atoms with Gasteiger partial charge in [-0.05, 0) is 35.6 Å². The second kappa shape index (κ2) is 6.52. The van der Waals surface area contributed by atoms with Crippen LogP contribution in [0.5, 0.6) is 0 Å². The first-order valence-electron chi connectivity index (χ1n) is 9.44. The number of ketones is 1. The minimum atomic E-state index is -0.983. The maximum absolute atomic E-state index is 13.2. The SMILES string of the molecule is CCN1C(=C2C(=O)c3ccccc3C2C(=O)O)Sc2cc(C(C)(C)C)ccc21. The fourth-order valence-electron chi connectivity index (χ4n) is 3.93. The van der Waals surface area contributed by atoms with Crippen LogP contribution >= 0.6 is 11.8 Å². The molecule has 1 unspecified atom stereocenters. The van der Waals surface area contributed by atoms with Crippen molar-refractivity contribution in [1.82, 2.24) is 0 Å². The van der Waals surface area contributed by atoms with Crippen LogP contribution in [-0.4, -0.2) is 23.4 Å². The summed E-state index contributed by atoms with van der Waals surface area (Å²) in [5, 5.41) is 10.7. The van der Waals surface area contributed by atoms with Gasteiger partial charge in [0.25, 0.3) is 0 Å². The molecule has 2 aliphatic rings. The van der Waals surface area contributed by atoms with E-state index >= 15 is 0 Å². The molecule has 0 bridgehead atoms. The maximum Gasteiger partial charge on any atom is 0.315 e. The molecular weight excluding hydrogens is 370 g/mol. The van der Waals surface area contributed by atoms with E-state index in [0.29, 0.717) is 23.2 Å². The largest absolute Gasteiger partial charge is 0.481 e. The number of carboxylic acid groups (broad SMARTS) is 1. The quantitative estimate of drug-likeness (QED) is 0.712. The summed E-state index contributed by atoms with van der Waals surface area (Å²) in [5.41, 5.74) is 3.75. The molecule has 0 amide bonds. The number of carbonyl (C=O) groups is 2. The number of rotatable bonds is 2. The lowest BCUT2D eigenvalue weighted by Crippen LogP contribution is -2.22. The van der Waals surface area contributed by atoms with Gasteiger partial charge < -0.3 is 10.0 Å². The lowest BCUT2D eigenvalue weighted by atomic mass is 9.87. The Morgan fingerprint density at radius 2 is 1.89 bits per heavy atom. The summed E-state index contributed by atoms with van der Waals surface area (Å²) in [4.78, 5) is 28.4. The molecule has 0 fully saturated rings. The highest BCUT2D eigenvalue weighted by Gasteiger charge is 2.44. The Hall–Kier alpha value is -2.53. The summed E-state index contributed by atoms with van der Waals surface area (Å²) in [7, 11) is 0. The summed E-state index contributed by atoms with van der Waals surface area (Å²) in [6, 6.07) is 13.4.